The summed E-state index contributed by atoms with van der Waals surface area (Å²) in [6.07, 6.45) is 7.47. The van der Waals surface area contributed by atoms with Crippen LogP contribution in [0.3, 0.4) is 0 Å². The van der Waals surface area contributed by atoms with Crippen molar-refractivity contribution in [3.05, 3.63) is 82.4 Å². The van der Waals surface area contributed by atoms with Gasteiger partial charge < -0.3 is 15.5 Å². The summed E-state index contributed by atoms with van der Waals surface area (Å²) in [5.74, 6) is -0.708. The van der Waals surface area contributed by atoms with E-state index in [0.29, 0.717) is 5.92 Å². The summed E-state index contributed by atoms with van der Waals surface area (Å²) in [5.41, 5.74) is 6.26. The number of phenols is 2. The Morgan fingerprint density at radius 2 is 2.00 bits per heavy atom. The number of aromatic hydroxyl groups is 2. The van der Waals surface area contributed by atoms with E-state index < -0.39 is 0 Å². The van der Waals surface area contributed by atoms with Gasteiger partial charge >= 0.3 is 0 Å². The highest BCUT2D eigenvalue weighted by Crippen LogP contribution is 2.48. The molecule has 188 valence electrons. The van der Waals surface area contributed by atoms with Gasteiger partial charge in [-0.1, -0.05) is 37.5 Å². The monoisotopic (exact) mass is 489 g/mol. The van der Waals surface area contributed by atoms with Crippen molar-refractivity contribution in [1.29, 1.82) is 0 Å². The standard InChI is InChI=1S/C29H32FN3O3/c1-3-5-21(32-29(36)23-6-4-7-26(34)28(23)35)14-18-8-9-19-15-25-24(17(2)27(18)19)16-31-33(25)22-12-10-20(30)11-13-22/h4,6-7,10-13,16-18,21,34-35H,3,5,8-9,14-15H2,1-2H3,(H,32,36)/t17-,18+,21?/m0/s1. The van der Waals surface area contributed by atoms with Gasteiger partial charge in [0.25, 0.3) is 5.91 Å². The molecule has 2 aromatic carbocycles. The second kappa shape index (κ2) is 9.80. The largest absolute Gasteiger partial charge is 0.504 e. The summed E-state index contributed by atoms with van der Waals surface area (Å²) in [7, 11) is 0. The average Bonchev–Trinajstić information content (AvgIpc) is 3.46. The molecule has 5 rings (SSSR count). The number of hydrogen-bond acceptors (Lipinski definition) is 4. The molecular formula is C29H32FN3O3. The lowest BCUT2D eigenvalue weighted by atomic mass is 9.78. The van der Waals surface area contributed by atoms with Crippen molar-refractivity contribution in [3.8, 4) is 17.2 Å². The van der Waals surface area contributed by atoms with Crippen LogP contribution in [-0.2, 0) is 6.42 Å². The van der Waals surface area contributed by atoms with E-state index in [4.69, 9.17) is 0 Å². The van der Waals surface area contributed by atoms with Gasteiger partial charge in [0.15, 0.2) is 11.5 Å². The van der Waals surface area contributed by atoms with Crippen LogP contribution >= 0.6 is 0 Å². The summed E-state index contributed by atoms with van der Waals surface area (Å²) >= 11 is 0. The van der Waals surface area contributed by atoms with Crippen LogP contribution < -0.4 is 5.32 Å². The topological polar surface area (TPSA) is 87.4 Å². The van der Waals surface area contributed by atoms with E-state index in [1.807, 2.05) is 10.9 Å². The molecule has 36 heavy (non-hydrogen) atoms. The molecule has 3 N–H and O–H groups in total. The van der Waals surface area contributed by atoms with Crippen LogP contribution in [0.1, 0.15) is 73.5 Å². The lowest BCUT2D eigenvalue weighted by Gasteiger charge is -2.29. The number of nitrogens with one attached hydrogen (secondary N) is 1. The van der Waals surface area contributed by atoms with Gasteiger partial charge in [-0.05, 0) is 68.0 Å². The van der Waals surface area contributed by atoms with Crippen molar-refractivity contribution >= 4 is 5.91 Å². The molecule has 0 spiro atoms. The molecule has 1 unspecified atom stereocenters. The molecule has 1 amide bonds. The fourth-order valence-electron chi connectivity index (χ4n) is 6.05. The molecule has 0 saturated carbocycles. The maximum atomic E-state index is 13.4. The van der Waals surface area contributed by atoms with Gasteiger partial charge in [0.1, 0.15) is 5.82 Å². The summed E-state index contributed by atoms with van der Waals surface area (Å²) in [4.78, 5) is 12.9. The number of allylic oxidation sites excluding steroid dienone is 2. The van der Waals surface area contributed by atoms with Gasteiger partial charge in [0.05, 0.1) is 23.1 Å². The smallest absolute Gasteiger partial charge is 0.255 e. The molecule has 0 saturated heterocycles. The number of amides is 1. The molecule has 3 atom stereocenters. The minimum absolute atomic E-state index is 0.0309. The van der Waals surface area contributed by atoms with Gasteiger partial charge in [-0.15, -0.1) is 0 Å². The Bertz CT molecular complexity index is 1310. The van der Waals surface area contributed by atoms with Crippen molar-refractivity contribution in [2.45, 2.75) is 64.3 Å². The number of fused-ring (bicyclic) bond motifs is 1. The molecule has 0 radical (unpaired) electrons. The number of halogens is 1. The second-order valence-electron chi connectivity index (χ2n) is 10.00. The van der Waals surface area contributed by atoms with Crippen LogP contribution in [0, 0.1) is 11.7 Å². The predicted octanol–water partition coefficient (Wildman–Crippen LogP) is 5.78. The first-order valence-electron chi connectivity index (χ1n) is 12.7. The summed E-state index contributed by atoms with van der Waals surface area (Å²) in [5, 5.41) is 27.7. The van der Waals surface area contributed by atoms with E-state index in [0.717, 1.165) is 44.2 Å². The minimum Gasteiger partial charge on any atom is -0.504 e. The lowest BCUT2D eigenvalue weighted by molar-refractivity contribution is 0.0926. The van der Waals surface area contributed by atoms with Gasteiger partial charge in [0, 0.05) is 23.9 Å². The number of aromatic nitrogens is 2. The molecule has 7 heteroatoms. The van der Waals surface area contributed by atoms with Gasteiger partial charge in [-0.2, -0.15) is 5.10 Å². The maximum absolute atomic E-state index is 13.4. The number of phenolic OH excluding ortho intramolecular Hbond substituents is 2. The van der Waals surface area contributed by atoms with Crippen molar-refractivity contribution in [2.75, 3.05) is 0 Å². The summed E-state index contributed by atoms with van der Waals surface area (Å²) < 4.78 is 15.4. The molecule has 1 heterocycles. The Hall–Kier alpha value is -3.61. The molecule has 0 aliphatic heterocycles. The Balaban J connectivity index is 1.35. The zero-order valence-electron chi connectivity index (χ0n) is 20.7. The maximum Gasteiger partial charge on any atom is 0.255 e. The fourth-order valence-corrected chi connectivity index (χ4v) is 6.05. The minimum atomic E-state index is -0.386. The number of benzene rings is 2. The first-order valence-corrected chi connectivity index (χ1v) is 12.7. The number of nitrogens with zero attached hydrogens (tertiary/aromatic N) is 2. The SMILES string of the molecule is CCCC(C[C@H]1CCC2=C1[C@@H](C)c1cnn(-c3ccc(F)cc3)c1C2)NC(=O)c1cccc(O)c1O. The quantitative estimate of drug-likeness (QED) is 0.290. The van der Waals surface area contributed by atoms with E-state index in [9.17, 15) is 19.4 Å². The Morgan fingerprint density at radius 1 is 1.22 bits per heavy atom. The van der Waals surface area contributed by atoms with Crippen LogP contribution in [-0.4, -0.2) is 31.9 Å². The van der Waals surface area contributed by atoms with Gasteiger partial charge in [0.2, 0.25) is 0 Å². The van der Waals surface area contributed by atoms with Crippen LogP contribution in [0.25, 0.3) is 5.69 Å². The third-order valence-electron chi connectivity index (χ3n) is 7.73. The van der Waals surface area contributed by atoms with E-state index in [-0.39, 0.29) is 40.7 Å². The van der Waals surface area contributed by atoms with Crippen molar-refractivity contribution in [3.63, 3.8) is 0 Å². The second-order valence-corrected chi connectivity index (χ2v) is 10.00. The van der Waals surface area contributed by atoms with E-state index in [1.165, 1.54) is 46.7 Å². The van der Waals surface area contributed by atoms with Crippen molar-refractivity contribution in [2.24, 2.45) is 5.92 Å². The molecule has 3 aromatic rings. The van der Waals surface area contributed by atoms with Crippen LogP contribution in [0.2, 0.25) is 0 Å². The molecule has 2 aliphatic carbocycles. The number of carbonyl (C=O) groups excluding carboxylic acids is 1. The first-order chi connectivity index (χ1) is 17.4. The van der Waals surface area contributed by atoms with E-state index in [1.54, 1.807) is 18.2 Å². The average molecular weight is 490 g/mol. The molecule has 1 aromatic heterocycles. The zero-order chi connectivity index (χ0) is 25.4. The van der Waals surface area contributed by atoms with Gasteiger partial charge in [-0.25, -0.2) is 9.07 Å². The number of rotatable bonds is 7. The Morgan fingerprint density at radius 3 is 2.75 bits per heavy atom. The molecule has 0 fully saturated rings. The third kappa shape index (κ3) is 4.38. The number of hydrogen-bond donors (Lipinski definition) is 3. The highest BCUT2D eigenvalue weighted by Gasteiger charge is 2.37. The predicted molar refractivity (Wildman–Crippen MR) is 136 cm³/mol. The highest BCUT2D eigenvalue weighted by molar-refractivity contribution is 5.97. The summed E-state index contributed by atoms with van der Waals surface area (Å²) in [6.45, 7) is 4.34. The normalized spacial score (nSPS) is 19.6. The molecule has 6 nitrogen and oxygen atoms in total. The van der Waals surface area contributed by atoms with E-state index in [2.05, 4.69) is 24.3 Å². The Kier molecular flexibility index (Phi) is 6.56. The van der Waals surface area contributed by atoms with Crippen LogP contribution in [0.4, 0.5) is 4.39 Å². The highest BCUT2D eigenvalue weighted by atomic mass is 19.1. The van der Waals surface area contributed by atoms with Crippen LogP contribution in [0.15, 0.2) is 59.8 Å². The van der Waals surface area contributed by atoms with Gasteiger partial charge in [-0.3, -0.25) is 4.79 Å². The van der Waals surface area contributed by atoms with Crippen LogP contribution in [0.5, 0.6) is 11.5 Å². The van der Waals surface area contributed by atoms with E-state index >= 15 is 0 Å². The molecule has 2 aliphatic rings. The lowest BCUT2D eigenvalue weighted by Crippen LogP contribution is -2.36. The summed E-state index contributed by atoms with van der Waals surface area (Å²) in [6, 6.07) is 10.9. The van der Waals surface area contributed by atoms with Crippen molar-refractivity contribution < 1.29 is 19.4 Å². The third-order valence-corrected chi connectivity index (χ3v) is 7.73. The fraction of sp³-hybridized carbons (Fsp3) is 0.379. The number of para-hydroxylation sites is 1. The number of carbonyl (C=O) groups is 1. The molecular weight excluding hydrogens is 457 g/mol. The first kappa shape index (κ1) is 24.1. The molecule has 0 bridgehead atoms. The zero-order valence-corrected chi connectivity index (χ0v) is 20.7. The Labute approximate surface area is 210 Å². The van der Waals surface area contributed by atoms with Crippen molar-refractivity contribution in [1.82, 2.24) is 15.1 Å².